The Hall–Kier alpha value is -1.48. The number of nitrogens with one attached hydrogen (secondary N) is 2. The fourth-order valence-electron chi connectivity index (χ4n) is 2.27. The maximum absolute atomic E-state index is 5.87. The predicted octanol–water partition coefficient (Wildman–Crippen LogP) is 2.30. The normalized spacial score (nSPS) is 20.4. The van der Waals surface area contributed by atoms with Gasteiger partial charge in [-0.15, -0.1) is 0 Å². The molecule has 1 saturated heterocycles. The molecule has 1 fully saturated rings. The summed E-state index contributed by atoms with van der Waals surface area (Å²) in [5.74, 6) is 0.955. The van der Waals surface area contributed by atoms with Gasteiger partial charge in [0.15, 0.2) is 0 Å². The van der Waals surface area contributed by atoms with Gasteiger partial charge in [-0.3, -0.25) is 0 Å². The largest absolute Gasteiger partial charge is 0.490 e. The van der Waals surface area contributed by atoms with Crippen LogP contribution in [0.15, 0.2) is 30.5 Å². The van der Waals surface area contributed by atoms with Crippen molar-refractivity contribution < 1.29 is 4.74 Å². The molecular weight excluding hydrogens is 200 g/mol. The number of fused-ring (bicyclic) bond motifs is 1. The van der Waals surface area contributed by atoms with Crippen LogP contribution in [0.25, 0.3) is 10.9 Å². The Kier molecular flexibility index (Phi) is 2.54. The van der Waals surface area contributed by atoms with Gasteiger partial charge in [0.2, 0.25) is 0 Å². The van der Waals surface area contributed by atoms with Crippen molar-refractivity contribution in [3.63, 3.8) is 0 Å². The molecule has 3 rings (SSSR count). The molecule has 2 N–H and O–H groups in total. The van der Waals surface area contributed by atoms with Crippen molar-refractivity contribution in [1.82, 2.24) is 10.3 Å². The number of aromatic nitrogens is 1. The van der Waals surface area contributed by atoms with Gasteiger partial charge in [0.25, 0.3) is 0 Å². The van der Waals surface area contributed by atoms with Crippen LogP contribution in [-0.4, -0.2) is 24.2 Å². The molecule has 1 unspecified atom stereocenters. The third-order valence-corrected chi connectivity index (χ3v) is 3.15. The molecule has 0 saturated carbocycles. The van der Waals surface area contributed by atoms with E-state index in [0.717, 1.165) is 24.4 Å². The molecule has 1 aromatic heterocycles. The van der Waals surface area contributed by atoms with E-state index >= 15 is 0 Å². The van der Waals surface area contributed by atoms with Gasteiger partial charge in [-0.1, -0.05) is 12.1 Å². The molecule has 0 amide bonds. The number of para-hydroxylation sites is 1. The summed E-state index contributed by atoms with van der Waals surface area (Å²) in [4.78, 5) is 3.22. The Labute approximate surface area is 94.8 Å². The van der Waals surface area contributed by atoms with Crippen molar-refractivity contribution in [3.05, 3.63) is 30.5 Å². The first-order valence-corrected chi connectivity index (χ1v) is 5.86. The summed E-state index contributed by atoms with van der Waals surface area (Å²) in [7, 11) is 0. The molecule has 84 valence electrons. The lowest BCUT2D eigenvalue weighted by atomic mass is 10.2. The summed E-state index contributed by atoms with van der Waals surface area (Å²) < 4.78 is 5.87. The van der Waals surface area contributed by atoms with Crippen LogP contribution >= 0.6 is 0 Å². The minimum Gasteiger partial charge on any atom is -0.490 e. The number of ether oxygens (including phenoxy) is 1. The van der Waals surface area contributed by atoms with E-state index in [9.17, 15) is 0 Å². The van der Waals surface area contributed by atoms with Crippen LogP contribution in [0.5, 0.6) is 5.75 Å². The number of hydrogen-bond donors (Lipinski definition) is 2. The van der Waals surface area contributed by atoms with Crippen LogP contribution in [0, 0.1) is 0 Å². The summed E-state index contributed by atoms with van der Waals surface area (Å²) in [6.45, 7) is 1.89. The first-order chi connectivity index (χ1) is 7.93. The SMILES string of the molecule is c1cc(OCC2CCCN2)c2[nH]ccc2c1. The topological polar surface area (TPSA) is 37.0 Å². The van der Waals surface area contributed by atoms with E-state index in [0.29, 0.717) is 6.04 Å². The van der Waals surface area contributed by atoms with E-state index in [2.05, 4.69) is 22.4 Å². The fourth-order valence-corrected chi connectivity index (χ4v) is 2.27. The molecule has 1 aliphatic heterocycles. The molecule has 3 heteroatoms. The zero-order chi connectivity index (χ0) is 10.8. The molecule has 2 aromatic rings. The van der Waals surface area contributed by atoms with E-state index in [1.54, 1.807) is 0 Å². The van der Waals surface area contributed by atoms with E-state index in [1.807, 2.05) is 18.3 Å². The minimum atomic E-state index is 0.519. The zero-order valence-corrected chi connectivity index (χ0v) is 9.20. The monoisotopic (exact) mass is 216 g/mol. The van der Waals surface area contributed by atoms with Crippen LogP contribution in [0.3, 0.4) is 0 Å². The number of benzene rings is 1. The second-order valence-corrected chi connectivity index (χ2v) is 4.30. The van der Waals surface area contributed by atoms with Gasteiger partial charge in [0, 0.05) is 17.6 Å². The molecular formula is C13H16N2O. The number of aromatic amines is 1. The highest BCUT2D eigenvalue weighted by Gasteiger charge is 2.14. The first-order valence-electron chi connectivity index (χ1n) is 5.86. The van der Waals surface area contributed by atoms with Crippen molar-refractivity contribution >= 4 is 10.9 Å². The van der Waals surface area contributed by atoms with E-state index < -0.39 is 0 Å². The average molecular weight is 216 g/mol. The predicted molar refractivity (Wildman–Crippen MR) is 64.8 cm³/mol. The zero-order valence-electron chi connectivity index (χ0n) is 9.20. The van der Waals surface area contributed by atoms with Crippen LogP contribution in [0.4, 0.5) is 0 Å². The molecule has 1 atom stereocenters. The average Bonchev–Trinajstić information content (AvgIpc) is 2.97. The molecule has 1 aliphatic rings. The second-order valence-electron chi connectivity index (χ2n) is 4.30. The highest BCUT2D eigenvalue weighted by Crippen LogP contribution is 2.24. The lowest BCUT2D eigenvalue weighted by molar-refractivity contribution is 0.280. The molecule has 3 nitrogen and oxygen atoms in total. The molecule has 0 spiro atoms. The maximum atomic E-state index is 5.87. The number of hydrogen-bond acceptors (Lipinski definition) is 2. The second kappa shape index (κ2) is 4.18. The Morgan fingerprint density at radius 2 is 2.31 bits per heavy atom. The van der Waals surface area contributed by atoms with Crippen molar-refractivity contribution in [2.45, 2.75) is 18.9 Å². The maximum Gasteiger partial charge on any atom is 0.143 e. The van der Waals surface area contributed by atoms with Crippen LogP contribution in [0.2, 0.25) is 0 Å². The summed E-state index contributed by atoms with van der Waals surface area (Å²) in [6, 6.07) is 8.73. The molecule has 0 radical (unpaired) electrons. The van der Waals surface area contributed by atoms with Crippen LogP contribution < -0.4 is 10.1 Å². The Morgan fingerprint density at radius 3 is 3.19 bits per heavy atom. The summed E-state index contributed by atoms with van der Waals surface area (Å²) >= 11 is 0. The Morgan fingerprint density at radius 1 is 1.31 bits per heavy atom. The van der Waals surface area contributed by atoms with Crippen molar-refractivity contribution in [2.24, 2.45) is 0 Å². The third-order valence-electron chi connectivity index (χ3n) is 3.15. The first kappa shape index (κ1) is 9.73. The van der Waals surface area contributed by atoms with Crippen LogP contribution in [-0.2, 0) is 0 Å². The van der Waals surface area contributed by atoms with E-state index in [1.165, 1.54) is 18.2 Å². The molecule has 0 bridgehead atoms. The van der Waals surface area contributed by atoms with Gasteiger partial charge in [0.1, 0.15) is 12.4 Å². The number of rotatable bonds is 3. The standard InChI is InChI=1S/C13H16N2O/c1-3-10-6-8-15-13(10)12(5-1)16-9-11-4-2-7-14-11/h1,3,5-6,8,11,14-15H,2,4,7,9H2. The van der Waals surface area contributed by atoms with Gasteiger partial charge in [0.05, 0.1) is 5.52 Å². The molecule has 1 aromatic carbocycles. The van der Waals surface area contributed by atoms with Gasteiger partial charge in [-0.25, -0.2) is 0 Å². The van der Waals surface area contributed by atoms with Gasteiger partial charge in [-0.2, -0.15) is 0 Å². The molecule has 16 heavy (non-hydrogen) atoms. The van der Waals surface area contributed by atoms with Gasteiger partial charge in [-0.05, 0) is 31.5 Å². The third kappa shape index (κ3) is 1.78. The van der Waals surface area contributed by atoms with Crippen molar-refractivity contribution in [1.29, 1.82) is 0 Å². The lowest BCUT2D eigenvalue weighted by Crippen LogP contribution is -2.28. The minimum absolute atomic E-state index is 0.519. The molecule has 2 heterocycles. The summed E-state index contributed by atoms with van der Waals surface area (Å²) in [5.41, 5.74) is 1.10. The summed E-state index contributed by atoms with van der Waals surface area (Å²) in [6.07, 6.45) is 4.44. The summed E-state index contributed by atoms with van der Waals surface area (Å²) in [5, 5.41) is 4.64. The van der Waals surface area contributed by atoms with Crippen LogP contribution in [0.1, 0.15) is 12.8 Å². The van der Waals surface area contributed by atoms with E-state index in [-0.39, 0.29) is 0 Å². The van der Waals surface area contributed by atoms with Gasteiger partial charge < -0.3 is 15.0 Å². The van der Waals surface area contributed by atoms with Crippen molar-refractivity contribution in [2.75, 3.05) is 13.2 Å². The Bertz CT molecular complexity index is 471. The van der Waals surface area contributed by atoms with E-state index in [4.69, 9.17) is 4.74 Å². The lowest BCUT2D eigenvalue weighted by Gasteiger charge is -2.12. The quantitative estimate of drug-likeness (QED) is 0.826. The fraction of sp³-hybridized carbons (Fsp3) is 0.385. The molecule has 0 aliphatic carbocycles. The highest BCUT2D eigenvalue weighted by molar-refractivity contribution is 5.85. The highest BCUT2D eigenvalue weighted by atomic mass is 16.5. The van der Waals surface area contributed by atoms with Gasteiger partial charge >= 0.3 is 0 Å². The Balaban J connectivity index is 1.75. The van der Waals surface area contributed by atoms with Crippen molar-refractivity contribution in [3.8, 4) is 5.75 Å². The smallest absolute Gasteiger partial charge is 0.143 e. The number of H-pyrrole nitrogens is 1.